The number of nitrogens with one attached hydrogen (secondary N) is 1. The van der Waals surface area contributed by atoms with Crippen molar-refractivity contribution in [3.8, 4) is 5.75 Å². The number of rotatable bonds is 3. The van der Waals surface area contributed by atoms with E-state index in [4.69, 9.17) is 4.55 Å². The van der Waals surface area contributed by atoms with E-state index in [2.05, 4.69) is 10.3 Å². The molecule has 1 heterocycles. The van der Waals surface area contributed by atoms with Crippen molar-refractivity contribution < 1.29 is 18.7 Å². The minimum atomic E-state index is -2.12. The third-order valence-corrected chi connectivity index (χ3v) is 4.11. The first-order valence-electron chi connectivity index (χ1n) is 5.15. The highest BCUT2D eigenvalue weighted by Gasteiger charge is 2.14. The zero-order valence-corrected chi connectivity index (χ0v) is 11.4. The number of phenols is 1. The lowest BCUT2D eigenvalue weighted by molar-refractivity contribution is 0.102. The molecule has 2 rings (SSSR count). The van der Waals surface area contributed by atoms with Crippen molar-refractivity contribution in [2.45, 2.75) is 11.1 Å². The monoisotopic (exact) mass is 298 g/mol. The molecule has 1 aromatic carbocycles. The smallest absolute Gasteiger partial charge is 0.261 e. The third kappa shape index (κ3) is 3.16. The lowest BCUT2D eigenvalue weighted by Crippen LogP contribution is -2.12. The summed E-state index contributed by atoms with van der Waals surface area (Å²) < 4.78 is 19.8. The quantitative estimate of drug-likeness (QED) is 0.752. The number of amides is 1. The van der Waals surface area contributed by atoms with E-state index in [1.54, 1.807) is 19.1 Å². The molecular formula is C11H10N2O4S2. The highest BCUT2D eigenvalue weighted by molar-refractivity contribution is 7.81. The Balaban J connectivity index is 2.20. The van der Waals surface area contributed by atoms with Gasteiger partial charge in [0, 0.05) is 0 Å². The van der Waals surface area contributed by atoms with Crippen molar-refractivity contribution in [2.75, 3.05) is 5.32 Å². The van der Waals surface area contributed by atoms with Gasteiger partial charge < -0.3 is 9.66 Å². The number of hydrogen-bond acceptors (Lipinski definition) is 5. The SMILES string of the molecule is Cc1ccc(O)c(C(=O)Nc2ncc(S(=O)O)s2)c1. The Bertz CT molecular complexity index is 654. The molecule has 1 amide bonds. The lowest BCUT2D eigenvalue weighted by atomic mass is 10.1. The number of carbonyl (C=O) groups excluding carboxylic acids is 1. The average molecular weight is 298 g/mol. The van der Waals surface area contributed by atoms with E-state index in [0.29, 0.717) is 0 Å². The van der Waals surface area contributed by atoms with Gasteiger partial charge in [-0.3, -0.25) is 10.1 Å². The third-order valence-electron chi connectivity index (χ3n) is 2.27. The largest absolute Gasteiger partial charge is 0.507 e. The molecule has 0 fully saturated rings. The second kappa shape index (κ2) is 5.47. The molecule has 1 atom stereocenters. The van der Waals surface area contributed by atoms with Gasteiger partial charge >= 0.3 is 0 Å². The minimum Gasteiger partial charge on any atom is -0.507 e. The van der Waals surface area contributed by atoms with Crippen LogP contribution in [0.5, 0.6) is 5.75 Å². The molecule has 6 nitrogen and oxygen atoms in total. The van der Waals surface area contributed by atoms with E-state index < -0.39 is 17.0 Å². The second-order valence-corrected chi connectivity index (χ2v) is 5.94. The zero-order valence-electron chi connectivity index (χ0n) is 9.78. The topological polar surface area (TPSA) is 99.5 Å². The molecule has 0 aliphatic carbocycles. The fourth-order valence-corrected chi connectivity index (χ4v) is 2.60. The molecular weight excluding hydrogens is 288 g/mol. The summed E-state index contributed by atoms with van der Waals surface area (Å²) in [4.78, 5) is 15.7. The van der Waals surface area contributed by atoms with E-state index in [1.165, 1.54) is 12.3 Å². The second-order valence-electron chi connectivity index (χ2n) is 3.71. The van der Waals surface area contributed by atoms with Crippen LogP contribution in [0.4, 0.5) is 5.13 Å². The van der Waals surface area contributed by atoms with Gasteiger partial charge in [0.05, 0.1) is 11.8 Å². The van der Waals surface area contributed by atoms with Gasteiger partial charge in [-0.2, -0.15) is 0 Å². The number of thiazole rings is 1. The summed E-state index contributed by atoms with van der Waals surface area (Å²) in [6.07, 6.45) is 1.21. The van der Waals surface area contributed by atoms with Crippen LogP contribution in [0, 0.1) is 6.92 Å². The Labute approximate surface area is 115 Å². The number of aromatic nitrogens is 1. The van der Waals surface area contributed by atoms with Gasteiger partial charge in [0.15, 0.2) is 16.2 Å². The van der Waals surface area contributed by atoms with Crippen LogP contribution in [0.1, 0.15) is 15.9 Å². The molecule has 0 saturated carbocycles. The molecule has 100 valence electrons. The van der Waals surface area contributed by atoms with E-state index in [-0.39, 0.29) is 20.7 Å². The first-order valence-corrected chi connectivity index (χ1v) is 7.07. The van der Waals surface area contributed by atoms with Crippen LogP contribution in [0.2, 0.25) is 0 Å². The van der Waals surface area contributed by atoms with Crippen LogP contribution >= 0.6 is 11.3 Å². The zero-order chi connectivity index (χ0) is 14.0. The van der Waals surface area contributed by atoms with Crippen molar-refractivity contribution in [1.82, 2.24) is 4.98 Å². The number of nitrogens with zero attached hydrogens (tertiary/aromatic N) is 1. The molecule has 19 heavy (non-hydrogen) atoms. The maximum Gasteiger partial charge on any atom is 0.261 e. The van der Waals surface area contributed by atoms with Crippen LogP contribution < -0.4 is 5.32 Å². The highest BCUT2D eigenvalue weighted by atomic mass is 32.2. The van der Waals surface area contributed by atoms with Crippen LogP contribution in [0.15, 0.2) is 28.6 Å². The van der Waals surface area contributed by atoms with Gasteiger partial charge in [-0.05, 0) is 19.1 Å². The molecule has 2 aromatic rings. The summed E-state index contributed by atoms with van der Waals surface area (Å²) >= 11 is -1.22. The van der Waals surface area contributed by atoms with Crippen LogP contribution in [0.25, 0.3) is 0 Å². The van der Waals surface area contributed by atoms with Gasteiger partial charge in [0.2, 0.25) is 0 Å². The predicted octanol–water partition coefficient (Wildman–Crippen LogP) is 1.99. The normalized spacial score (nSPS) is 12.1. The Hall–Kier alpha value is -1.77. The molecule has 1 unspecified atom stereocenters. The molecule has 0 aliphatic rings. The number of benzene rings is 1. The fourth-order valence-electron chi connectivity index (χ4n) is 1.39. The molecule has 0 saturated heterocycles. The molecule has 3 N–H and O–H groups in total. The Morgan fingerprint density at radius 2 is 2.21 bits per heavy atom. The van der Waals surface area contributed by atoms with Crippen molar-refractivity contribution in [3.63, 3.8) is 0 Å². The molecule has 0 spiro atoms. The lowest BCUT2D eigenvalue weighted by Gasteiger charge is -2.05. The Kier molecular flexibility index (Phi) is 3.93. The van der Waals surface area contributed by atoms with Gasteiger partial charge in [0.25, 0.3) is 5.91 Å². The number of aromatic hydroxyl groups is 1. The minimum absolute atomic E-state index is 0.127. The molecule has 8 heteroatoms. The van der Waals surface area contributed by atoms with Crippen LogP contribution in [0.3, 0.4) is 0 Å². The number of hydrogen-bond donors (Lipinski definition) is 3. The van der Waals surface area contributed by atoms with Crippen LogP contribution in [-0.4, -0.2) is 24.8 Å². The molecule has 0 aliphatic heterocycles. The van der Waals surface area contributed by atoms with Gasteiger partial charge in [-0.1, -0.05) is 23.0 Å². The first-order chi connectivity index (χ1) is 8.97. The maximum absolute atomic E-state index is 11.9. The van der Waals surface area contributed by atoms with E-state index >= 15 is 0 Å². The summed E-state index contributed by atoms with van der Waals surface area (Å²) in [6, 6.07) is 4.66. The van der Waals surface area contributed by atoms with E-state index in [1.807, 2.05) is 0 Å². The predicted molar refractivity (Wildman–Crippen MR) is 71.9 cm³/mol. The summed E-state index contributed by atoms with van der Waals surface area (Å²) in [5.74, 6) is -0.656. The van der Waals surface area contributed by atoms with Crippen molar-refractivity contribution in [1.29, 1.82) is 0 Å². The molecule has 1 aromatic heterocycles. The molecule has 0 bridgehead atoms. The first kappa shape index (κ1) is 13.7. The molecule has 0 radical (unpaired) electrons. The number of anilines is 1. The van der Waals surface area contributed by atoms with Crippen LogP contribution in [-0.2, 0) is 11.1 Å². The fraction of sp³-hybridized carbons (Fsp3) is 0.0909. The van der Waals surface area contributed by atoms with Crippen molar-refractivity contribution >= 4 is 33.5 Å². The highest BCUT2D eigenvalue weighted by Crippen LogP contribution is 2.23. The number of carbonyl (C=O) groups is 1. The van der Waals surface area contributed by atoms with Crippen molar-refractivity contribution in [2.24, 2.45) is 0 Å². The average Bonchev–Trinajstić information content (AvgIpc) is 2.80. The maximum atomic E-state index is 11.9. The summed E-state index contributed by atoms with van der Waals surface area (Å²) in [5, 5.41) is 12.3. The summed E-state index contributed by atoms with van der Waals surface area (Å²) in [5.41, 5.74) is 0.959. The Morgan fingerprint density at radius 1 is 1.47 bits per heavy atom. The number of aryl methyl sites for hydroxylation is 1. The van der Waals surface area contributed by atoms with Gasteiger partial charge in [-0.25, -0.2) is 9.19 Å². The van der Waals surface area contributed by atoms with Crippen molar-refractivity contribution in [3.05, 3.63) is 35.5 Å². The Morgan fingerprint density at radius 3 is 2.84 bits per heavy atom. The summed E-state index contributed by atoms with van der Waals surface area (Å²) in [6.45, 7) is 1.80. The van der Waals surface area contributed by atoms with Gasteiger partial charge in [0.1, 0.15) is 9.96 Å². The summed E-state index contributed by atoms with van der Waals surface area (Å²) in [7, 11) is 0. The van der Waals surface area contributed by atoms with E-state index in [9.17, 15) is 14.1 Å². The van der Waals surface area contributed by atoms with Gasteiger partial charge in [-0.15, -0.1) is 0 Å². The standard InChI is InChI=1S/C11H10N2O4S2/c1-6-2-3-8(14)7(4-6)10(15)13-11-12-5-9(18-11)19(16)17/h2-5,14H,1H3,(H,16,17)(H,12,13,15). The number of phenolic OH excluding ortho intramolecular Hbond substituents is 1. The van der Waals surface area contributed by atoms with E-state index in [0.717, 1.165) is 16.9 Å².